The van der Waals surface area contributed by atoms with E-state index in [-0.39, 0.29) is 17.6 Å². The largest absolute Gasteiger partial charge is 0.303 e. The molecule has 0 bridgehead atoms. The zero-order chi connectivity index (χ0) is 12.3. The number of likely N-dealkylation sites (tertiary alicyclic amines) is 1. The highest BCUT2D eigenvalue weighted by molar-refractivity contribution is 5.82. The molecule has 90 valence electrons. The predicted octanol–water partition coefficient (Wildman–Crippen LogP) is 1.52. The molecule has 1 fully saturated rings. The number of hydrogen-bond donors (Lipinski definition) is 0. The van der Waals surface area contributed by atoms with E-state index in [0.29, 0.717) is 13.1 Å². The normalized spacial score (nSPS) is 24.8. The van der Waals surface area contributed by atoms with Crippen molar-refractivity contribution >= 4 is 12.1 Å². The molecule has 0 spiro atoms. The highest BCUT2D eigenvalue weighted by atomic mass is 16.1. The van der Waals surface area contributed by atoms with E-state index in [1.54, 1.807) is 6.92 Å². The van der Waals surface area contributed by atoms with Gasteiger partial charge in [-0.25, -0.2) is 0 Å². The maximum absolute atomic E-state index is 11.4. The van der Waals surface area contributed by atoms with Crippen molar-refractivity contribution in [3.05, 3.63) is 35.9 Å². The van der Waals surface area contributed by atoms with Crippen LogP contribution in [0.5, 0.6) is 0 Å². The Labute approximate surface area is 101 Å². The number of benzene rings is 1. The van der Waals surface area contributed by atoms with Crippen molar-refractivity contribution in [1.82, 2.24) is 4.90 Å². The van der Waals surface area contributed by atoms with Crippen molar-refractivity contribution in [2.75, 3.05) is 13.1 Å². The van der Waals surface area contributed by atoms with E-state index in [9.17, 15) is 9.59 Å². The SMILES string of the molecule is CC(=O)C1CN(Cc2ccccc2)CC1C=O. The zero-order valence-corrected chi connectivity index (χ0v) is 10.0. The summed E-state index contributed by atoms with van der Waals surface area (Å²) in [6.45, 7) is 3.79. The first-order valence-corrected chi connectivity index (χ1v) is 5.92. The van der Waals surface area contributed by atoms with E-state index >= 15 is 0 Å². The minimum absolute atomic E-state index is 0.115. The molecule has 1 aromatic carbocycles. The quantitative estimate of drug-likeness (QED) is 0.737. The third kappa shape index (κ3) is 2.80. The Morgan fingerprint density at radius 3 is 2.59 bits per heavy atom. The lowest BCUT2D eigenvalue weighted by Gasteiger charge is -2.14. The van der Waals surface area contributed by atoms with Crippen LogP contribution < -0.4 is 0 Å². The van der Waals surface area contributed by atoms with Crippen LogP contribution in [0.3, 0.4) is 0 Å². The number of carbonyl (C=O) groups excluding carboxylic acids is 2. The van der Waals surface area contributed by atoms with Crippen LogP contribution in [0.2, 0.25) is 0 Å². The Bertz CT molecular complexity index is 402. The third-order valence-electron chi connectivity index (χ3n) is 3.39. The van der Waals surface area contributed by atoms with Crippen LogP contribution in [-0.4, -0.2) is 30.1 Å². The van der Waals surface area contributed by atoms with Crippen molar-refractivity contribution in [2.45, 2.75) is 13.5 Å². The molecule has 1 aromatic rings. The van der Waals surface area contributed by atoms with E-state index in [1.807, 2.05) is 18.2 Å². The fourth-order valence-electron chi connectivity index (χ4n) is 2.45. The van der Waals surface area contributed by atoms with E-state index in [0.717, 1.165) is 12.8 Å². The van der Waals surface area contributed by atoms with Gasteiger partial charge in [0.2, 0.25) is 0 Å². The summed E-state index contributed by atoms with van der Waals surface area (Å²) in [5, 5.41) is 0. The van der Waals surface area contributed by atoms with Gasteiger partial charge in [0.15, 0.2) is 0 Å². The molecule has 0 amide bonds. The summed E-state index contributed by atoms with van der Waals surface area (Å²) >= 11 is 0. The van der Waals surface area contributed by atoms with E-state index in [2.05, 4.69) is 17.0 Å². The number of nitrogens with zero attached hydrogens (tertiary/aromatic N) is 1. The molecule has 2 atom stereocenters. The van der Waals surface area contributed by atoms with Crippen molar-refractivity contribution in [1.29, 1.82) is 0 Å². The van der Waals surface area contributed by atoms with Crippen LogP contribution in [0, 0.1) is 11.8 Å². The van der Waals surface area contributed by atoms with E-state index in [1.165, 1.54) is 5.56 Å². The van der Waals surface area contributed by atoms with Crippen LogP contribution in [0.4, 0.5) is 0 Å². The van der Waals surface area contributed by atoms with Gasteiger partial charge in [0.05, 0.1) is 0 Å². The summed E-state index contributed by atoms with van der Waals surface area (Å²) in [5.41, 5.74) is 1.22. The molecule has 2 rings (SSSR count). The molecule has 2 unspecified atom stereocenters. The van der Waals surface area contributed by atoms with Crippen molar-refractivity contribution in [3.63, 3.8) is 0 Å². The summed E-state index contributed by atoms with van der Waals surface area (Å²) in [7, 11) is 0. The van der Waals surface area contributed by atoms with Gasteiger partial charge >= 0.3 is 0 Å². The molecular formula is C14H17NO2. The third-order valence-corrected chi connectivity index (χ3v) is 3.39. The van der Waals surface area contributed by atoms with Crippen LogP contribution >= 0.6 is 0 Å². The number of aldehydes is 1. The second-order valence-corrected chi connectivity index (χ2v) is 4.70. The molecule has 3 heteroatoms. The summed E-state index contributed by atoms with van der Waals surface area (Å²) in [4.78, 5) is 24.5. The van der Waals surface area contributed by atoms with Gasteiger partial charge in [0.1, 0.15) is 12.1 Å². The average molecular weight is 231 g/mol. The first-order valence-electron chi connectivity index (χ1n) is 5.92. The highest BCUT2D eigenvalue weighted by Gasteiger charge is 2.35. The van der Waals surface area contributed by atoms with Crippen LogP contribution in [0.1, 0.15) is 12.5 Å². The Morgan fingerprint density at radius 2 is 2.06 bits per heavy atom. The molecule has 0 saturated carbocycles. The molecule has 0 aliphatic carbocycles. The highest BCUT2D eigenvalue weighted by Crippen LogP contribution is 2.24. The van der Waals surface area contributed by atoms with Crippen molar-refractivity contribution in [2.24, 2.45) is 11.8 Å². The topological polar surface area (TPSA) is 37.4 Å². The Hall–Kier alpha value is -1.48. The summed E-state index contributed by atoms with van der Waals surface area (Å²) in [5.74, 6) is -0.120. The lowest BCUT2D eigenvalue weighted by molar-refractivity contribution is -0.124. The van der Waals surface area contributed by atoms with Gasteiger partial charge in [-0.3, -0.25) is 9.69 Å². The molecule has 3 nitrogen and oxygen atoms in total. The molecule has 0 N–H and O–H groups in total. The fourth-order valence-corrected chi connectivity index (χ4v) is 2.45. The lowest BCUT2D eigenvalue weighted by atomic mass is 9.94. The molecule has 1 heterocycles. The zero-order valence-electron chi connectivity index (χ0n) is 10.0. The molecule has 1 saturated heterocycles. The van der Waals surface area contributed by atoms with Crippen molar-refractivity contribution < 1.29 is 9.59 Å². The Morgan fingerprint density at radius 1 is 1.35 bits per heavy atom. The first-order chi connectivity index (χ1) is 8.20. The predicted molar refractivity (Wildman–Crippen MR) is 65.4 cm³/mol. The molecule has 17 heavy (non-hydrogen) atoms. The number of carbonyl (C=O) groups is 2. The second-order valence-electron chi connectivity index (χ2n) is 4.70. The van der Waals surface area contributed by atoms with Gasteiger partial charge < -0.3 is 4.79 Å². The standard InChI is InChI=1S/C14H17NO2/c1-11(17)14-9-15(8-13(14)10-16)7-12-5-3-2-4-6-12/h2-6,10,13-14H,7-9H2,1H3. The second kappa shape index (κ2) is 5.23. The van der Waals surface area contributed by atoms with Crippen LogP contribution in [-0.2, 0) is 16.1 Å². The fraction of sp³-hybridized carbons (Fsp3) is 0.429. The average Bonchev–Trinajstić information content (AvgIpc) is 2.73. The maximum Gasteiger partial charge on any atom is 0.134 e. The molecule has 1 aliphatic heterocycles. The summed E-state index contributed by atoms with van der Waals surface area (Å²) < 4.78 is 0. The van der Waals surface area contributed by atoms with Crippen LogP contribution in [0.15, 0.2) is 30.3 Å². The summed E-state index contributed by atoms with van der Waals surface area (Å²) in [6, 6.07) is 10.1. The van der Waals surface area contributed by atoms with Gasteiger partial charge in [0, 0.05) is 31.5 Å². The summed E-state index contributed by atoms with van der Waals surface area (Å²) in [6.07, 6.45) is 0.928. The Kier molecular flexibility index (Phi) is 3.69. The van der Waals surface area contributed by atoms with E-state index < -0.39 is 0 Å². The number of Topliss-reactive ketones (excluding diaryl/α,β-unsaturated/α-hetero) is 1. The molecular weight excluding hydrogens is 214 g/mol. The van der Waals surface area contributed by atoms with Gasteiger partial charge in [0.25, 0.3) is 0 Å². The van der Waals surface area contributed by atoms with Gasteiger partial charge in [-0.2, -0.15) is 0 Å². The van der Waals surface area contributed by atoms with Crippen LogP contribution in [0.25, 0.3) is 0 Å². The Balaban J connectivity index is 2.01. The van der Waals surface area contributed by atoms with E-state index in [4.69, 9.17) is 0 Å². The lowest BCUT2D eigenvalue weighted by Crippen LogP contribution is -2.22. The first kappa shape index (κ1) is 12.0. The molecule has 1 aliphatic rings. The minimum Gasteiger partial charge on any atom is -0.303 e. The van der Waals surface area contributed by atoms with Gasteiger partial charge in [-0.1, -0.05) is 30.3 Å². The number of hydrogen-bond acceptors (Lipinski definition) is 3. The number of rotatable bonds is 4. The number of ketones is 1. The molecule has 0 aromatic heterocycles. The van der Waals surface area contributed by atoms with Crippen molar-refractivity contribution in [3.8, 4) is 0 Å². The smallest absolute Gasteiger partial charge is 0.134 e. The minimum atomic E-state index is -0.129. The van der Waals surface area contributed by atoms with Gasteiger partial charge in [-0.05, 0) is 12.5 Å². The monoisotopic (exact) mass is 231 g/mol. The molecule has 0 radical (unpaired) electrons. The maximum atomic E-state index is 11.4. The van der Waals surface area contributed by atoms with Gasteiger partial charge in [-0.15, -0.1) is 0 Å².